The second-order valence-corrected chi connectivity index (χ2v) is 8.64. The molecule has 4 rings (SSSR count). The molecule has 0 fully saturated rings. The SMILES string of the molecule is CC(C)c1ccc2c(c1)c(-c1ccccc1Cl)c(NC(=O)Nc1ccc(F)cc1F)c(=O)n2C. The second kappa shape index (κ2) is 9.27. The number of anilines is 2. The zero-order valence-electron chi connectivity index (χ0n) is 18.7. The van der Waals surface area contributed by atoms with Crippen molar-refractivity contribution in [2.24, 2.45) is 7.05 Å². The highest BCUT2D eigenvalue weighted by Crippen LogP contribution is 2.38. The van der Waals surface area contributed by atoms with Crippen molar-refractivity contribution in [1.82, 2.24) is 4.57 Å². The Bertz CT molecular complexity index is 1480. The van der Waals surface area contributed by atoms with E-state index in [0.29, 0.717) is 27.7 Å². The van der Waals surface area contributed by atoms with E-state index < -0.39 is 23.2 Å². The van der Waals surface area contributed by atoms with Crippen molar-refractivity contribution in [3.05, 3.63) is 93.2 Å². The third-order valence-electron chi connectivity index (χ3n) is 5.65. The predicted octanol–water partition coefficient (Wildman–Crippen LogP) is 6.90. The van der Waals surface area contributed by atoms with Crippen LogP contribution in [0.1, 0.15) is 25.3 Å². The van der Waals surface area contributed by atoms with Gasteiger partial charge in [-0.1, -0.05) is 49.7 Å². The van der Waals surface area contributed by atoms with Crippen LogP contribution in [0.5, 0.6) is 0 Å². The largest absolute Gasteiger partial charge is 0.323 e. The summed E-state index contributed by atoms with van der Waals surface area (Å²) in [4.78, 5) is 26.2. The van der Waals surface area contributed by atoms with Gasteiger partial charge < -0.3 is 15.2 Å². The molecule has 174 valence electrons. The highest BCUT2D eigenvalue weighted by Gasteiger charge is 2.21. The lowest BCUT2D eigenvalue weighted by atomic mass is 9.94. The monoisotopic (exact) mass is 481 g/mol. The summed E-state index contributed by atoms with van der Waals surface area (Å²) < 4.78 is 28.7. The number of urea groups is 1. The average Bonchev–Trinajstić information content (AvgIpc) is 2.80. The number of nitrogens with one attached hydrogen (secondary N) is 2. The lowest BCUT2D eigenvalue weighted by molar-refractivity contribution is 0.262. The number of carbonyl (C=O) groups excluding carboxylic acids is 1. The van der Waals surface area contributed by atoms with Crippen molar-refractivity contribution in [1.29, 1.82) is 0 Å². The summed E-state index contributed by atoms with van der Waals surface area (Å²) in [5.74, 6) is -1.48. The summed E-state index contributed by atoms with van der Waals surface area (Å²) in [5, 5.41) is 6.03. The number of fused-ring (bicyclic) bond motifs is 1. The first-order chi connectivity index (χ1) is 16.2. The van der Waals surface area contributed by atoms with Crippen LogP contribution in [-0.2, 0) is 7.05 Å². The van der Waals surface area contributed by atoms with Crippen molar-refractivity contribution < 1.29 is 13.6 Å². The second-order valence-electron chi connectivity index (χ2n) is 8.23. The van der Waals surface area contributed by atoms with E-state index in [-0.39, 0.29) is 17.3 Å². The Labute approximate surface area is 200 Å². The lowest BCUT2D eigenvalue weighted by Crippen LogP contribution is -2.28. The first-order valence-electron chi connectivity index (χ1n) is 10.6. The molecule has 0 aliphatic rings. The molecule has 1 heterocycles. The summed E-state index contributed by atoms with van der Waals surface area (Å²) in [5.41, 5.74) is 2.04. The molecule has 0 saturated carbocycles. The molecule has 0 radical (unpaired) electrons. The van der Waals surface area contributed by atoms with Gasteiger partial charge in [0.2, 0.25) is 0 Å². The summed E-state index contributed by atoms with van der Waals surface area (Å²) in [6.07, 6.45) is 0. The molecule has 0 unspecified atom stereocenters. The molecule has 0 bridgehead atoms. The number of aromatic nitrogens is 1. The predicted molar refractivity (Wildman–Crippen MR) is 133 cm³/mol. The quantitative estimate of drug-likeness (QED) is 0.333. The van der Waals surface area contributed by atoms with Crippen LogP contribution < -0.4 is 16.2 Å². The van der Waals surface area contributed by atoms with Gasteiger partial charge in [-0.15, -0.1) is 0 Å². The maximum absolute atomic E-state index is 14.1. The fourth-order valence-electron chi connectivity index (χ4n) is 3.84. The van der Waals surface area contributed by atoms with E-state index in [4.69, 9.17) is 11.6 Å². The van der Waals surface area contributed by atoms with Crippen molar-refractivity contribution in [2.75, 3.05) is 10.6 Å². The minimum Gasteiger partial charge on any atom is -0.310 e. The van der Waals surface area contributed by atoms with Crippen LogP contribution in [0.25, 0.3) is 22.0 Å². The highest BCUT2D eigenvalue weighted by molar-refractivity contribution is 6.34. The number of hydrogen-bond acceptors (Lipinski definition) is 2. The van der Waals surface area contributed by atoms with Gasteiger partial charge in [0.25, 0.3) is 5.56 Å². The number of halogens is 3. The van der Waals surface area contributed by atoms with Crippen molar-refractivity contribution >= 4 is 39.9 Å². The molecule has 2 N–H and O–H groups in total. The Morgan fingerprint density at radius 1 is 1.00 bits per heavy atom. The van der Waals surface area contributed by atoms with Crippen LogP contribution in [-0.4, -0.2) is 10.6 Å². The summed E-state index contributed by atoms with van der Waals surface area (Å²) >= 11 is 6.51. The third kappa shape index (κ3) is 4.39. The molecule has 0 atom stereocenters. The van der Waals surface area contributed by atoms with Gasteiger partial charge in [0.1, 0.15) is 17.3 Å². The van der Waals surface area contributed by atoms with Crippen LogP contribution in [0.4, 0.5) is 25.0 Å². The molecule has 2 amide bonds. The molecule has 0 spiro atoms. The van der Waals surface area contributed by atoms with Gasteiger partial charge in [-0.05, 0) is 41.8 Å². The third-order valence-corrected chi connectivity index (χ3v) is 5.98. The standard InChI is InChI=1S/C26H22ClF2N3O2/c1-14(2)15-8-11-22-18(12-15)23(17-6-4-5-7-19(17)27)24(25(33)32(22)3)31-26(34)30-21-10-9-16(28)13-20(21)29/h4-14H,1-3H3,(H2,30,31,34). The zero-order chi connectivity index (χ0) is 24.6. The Morgan fingerprint density at radius 3 is 2.41 bits per heavy atom. The van der Waals surface area contributed by atoms with E-state index in [1.165, 1.54) is 4.57 Å². The average molecular weight is 482 g/mol. The number of aryl methyl sites for hydroxylation is 1. The molecule has 0 saturated heterocycles. The van der Waals surface area contributed by atoms with Gasteiger partial charge in [0.05, 0.1) is 11.2 Å². The molecule has 0 aliphatic carbocycles. The van der Waals surface area contributed by atoms with E-state index in [1.807, 2.05) is 18.2 Å². The Hall–Kier alpha value is -3.71. The lowest BCUT2D eigenvalue weighted by Gasteiger charge is -2.19. The normalized spacial score (nSPS) is 11.1. The fraction of sp³-hybridized carbons (Fsp3) is 0.154. The maximum atomic E-state index is 14.1. The van der Waals surface area contributed by atoms with Gasteiger partial charge in [0.15, 0.2) is 0 Å². The van der Waals surface area contributed by atoms with Crippen LogP contribution in [0.2, 0.25) is 5.02 Å². The number of amides is 2. The molecule has 4 aromatic rings. The minimum absolute atomic E-state index is 0.0102. The van der Waals surface area contributed by atoms with E-state index >= 15 is 0 Å². The number of benzene rings is 3. The summed E-state index contributed by atoms with van der Waals surface area (Å²) in [7, 11) is 1.61. The van der Waals surface area contributed by atoms with Gasteiger partial charge in [-0.3, -0.25) is 4.79 Å². The molecular formula is C26H22ClF2N3O2. The van der Waals surface area contributed by atoms with Crippen LogP contribution in [0, 0.1) is 11.6 Å². The van der Waals surface area contributed by atoms with Gasteiger partial charge in [0, 0.05) is 34.6 Å². The highest BCUT2D eigenvalue weighted by atomic mass is 35.5. The number of rotatable bonds is 4. The van der Waals surface area contributed by atoms with Crippen LogP contribution >= 0.6 is 11.6 Å². The smallest absolute Gasteiger partial charge is 0.310 e. The van der Waals surface area contributed by atoms with Crippen molar-refractivity contribution in [3.8, 4) is 11.1 Å². The van der Waals surface area contributed by atoms with Crippen LogP contribution in [0.15, 0.2) is 65.5 Å². The van der Waals surface area contributed by atoms with Crippen molar-refractivity contribution in [3.63, 3.8) is 0 Å². The molecule has 5 nitrogen and oxygen atoms in total. The number of pyridine rings is 1. The van der Waals surface area contributed by atoms with Gasteiger partial charge in [-0.25, -0.2) is 13.6 Å². The molecule has 0 aliphatic heterocycles. The van der Waals surface area contributed by atoms with Crippen molar-refractivity contribution in [2.45, 2.75) is 19.8 Å². The minimum atomic E-state index is -0.936. The van der Waals surface area contributed by atoms with Gasteiger partial charge >= 0.3 is 6.03 Å². The molecule has 34 heavy (non-hydrogen) atoms. The van der Waals surface area contributed by atoms with E-state index in [0.717, 1.165) is 23.1 Å². The topological polar surface area (TPSA) is 63.1 Å². The van der Waals surface area contributed by atoms with Gasteiger partial charge in [-0.2, -0.15) is 0 Å². The molecule has 3 aromatic carbocycles. The zero-order valence-corrected chi connectivity index (χ0v) is 19.5. The Kier molecular flexibility index (Phi) is 6.39. The summed E-state index contributed by atoms with van der Waals surface area (Å²) in [6, 6.07) is 14.8. The maximum Gasteiger partial charge on any atom is 0.323 e. The Balaban J connectivity index is 1.92. The molecule has 1 aromatic heterocycles. The summed E-state index contributed by atoms with van der Waals surface area (Å²) in [6.45, 7) is 4.12. The first-order valence-corrected chi connectivity index (χ1v) is 11.0. The van der Waals surface area contributed by atoms with E-state index in [1.54, 1.807) is 31.3 Å². The van der Waals surface area contributed by atoms with E-state index in [2.05, 4.69) is 24.5 Å². The first kappa shape index (κ1) is 23.4. The molecular weight excluding hydrogens is 460 g/mol. The van der Waals surface area contributed by atoms with E-state index in [9.17, 15) is 18.4 Å². The fourth-order valence-corrected chi connectivity index (χ4v) is 4.07. The van der Waals surface area contributed by atoms with Crippen LogP contribution in [0.3, 0.4) is 0 Å². The number of hydrogen-bond donors (Lipinski definition) is 2. The molecule has 8 heteroatoms. The Morgan fingerprint density at radius 2 is 1.74 bits per heavy atom. The number of nitrogens with zero attached hydrogens (tertiary/aromatic N) is 1. The number of carbonyl (C=O) groups is 1.